The molecule has 1 aromatic heterocycles. The van der Waals surface area contributed by atoms with Crippen LogP contribution in [0.5, 0.6) is 0 Å². The van der Waals surface area contributed by atoms with Gasteiger partial charge in [-0.3, -0.25) is 10.1 Å². The van der Waals surface area contributed by atoms with Crippen LogP contribution in [-0.4, -0.2) is 21.1 Å². The molecule has 0 spiro atoms. The van der Waals surface area contributed by atoms with E-state index in [9.17, 15) is 4.79 Å². The molecule has 0 saturated heterocycles. The lowest BCUT2D eigenvalue weighted by molar-refractivity contribution is -0.116. The van der Waals surface area contributed by atoms with Gasteiger partial charge < -0.3 is 0 Å². The number of hydrogen-bond donors (Lipinski definition) is 2. The van der Waals surface area contributed by atoms with E-state index in [-0.39, 0.29) is 5.91 Å². The Balaban J connectivity index is 2.18. The zero-order valence-corrected chi connectivity index (χ0v) is 7.71. The van der Waals surface area contributed by atoms with E-state index in [1.54, 1.807) is 0 Å². The average molecular weight is 182 g/mol. The van der Waals surface area contributed by atoms with Gasteiger partial charge in [-0.15, -0.1) is 0 Å². The fourth-order valence-electron chi connectivity index (χ4n) is 0.996. The number of nitrogens with one attached hydrogen (secondary N) is 2. The van der Waals surface area contributed by atoms with Crippen LogP contribution in [0.1, 0.15) is 32.6 Å². The molecule has 0 unspecified atom stereocenters. The van der Waals surface area contributed by atoms with E-state index < -0.39 is 0 Å². The van der Waals surface area contributed by atoms with E-state index in [0.29, 0.717) is 12.4 Å². The molecule has 1 aromatic rings. The van der Waals surface area contributed by atoms with Crippen LogP contribution in [0.2, 0.25) is 0 Å². The van der Waals surface area contributed by atoms with Gasteiger partial charge in [-0.25, -0.2) is 5.10 Å². The number of anilines is 1. The minimum atomic E-state index is -0.00907. The number of aromatic amines is 1. The Kier molecular flexibility index (Phi) is 3.95. The van der Waals surface area contributed by atoms with Crippen LogP contribution >= 0.6 is 0 Å². The van der Waals surface area contributed by atoms with Crippen molar-refractivity contribution in [2.24, 2.45) is 0 Å². The van der Waals surface area contributed by atoms with Crippen molar-refractivity contribution in [3.8, 4) is 0 Å². The Labute approximate surface area is 76.9 Å². The quantitative estimate of drug-likeness (QED) is 0.675. The van der Waals surface area contributed by atoms with Gasteiger partial charge in [-0.05, 0) is 6.42 Å². The van der Waals surface area contributed by atoms with Crippen LogP contribution < -0.4 is 5.32 Å². The lowest BCUT2D eigenvalue weighted by atomic mass is 10.2. The van der Waals surface area contributed by atoms with Crippen LogP contribution in [0.15, 0.2) is 6.33 Å². The lowest BCUT2D eigenvalue weighted by Gasteiger charge is -1.99. The molecule has 0 bridgehead atoms. The Hall–Kier alpha value is -1.39. The first-order chi connectivity index (χ1) is 6.33. The molecule has 2 N–H and O–H groups in total. The summed E-state index contributed by atoms with van der Waals surface area (Å²) in [5, 5.41) is 8.80. The predicted molar refractivity (Wildman–Crippen MR) is 49.2 cm³/mol. The molecule has 13 heavy (non-hydrogen) atoms. The highest BCUT2D eigenvalue weighted by Crippen LogP contribution is 2.01. The topological polar surface area (TPSA) is 70.7 Å². The normalized spacial score (nSPS) is 9.92. The van der Waals surface area contributed by atoms with Crippen molar-refractivity contribution in [1.29, 1.82) is 0 Å². The van der Waals surface area contributed by atoms with Crippen molar-refractivity contribution in [1.82, 2.24) is 15.2 Å². The molecule has 0 atom stereocenters. The summed E-state index contributed by atoms with van der Waals surface area (Å²) in [4.78, 5) is 15.0. The number of hydrogen-bond acceptors (Lipinski definition) is 3. The number of nitrogens with zero attached hydrogens (tertiary/aromatic N) is 2. The van der Waals surface area contributed by atoms with Gasteiger partial charge in [0.2, 0.25) is 11.9 Å². The van der Waals surface area contributed by atoms with Crippen molar-refractivity contribution in [3.63, 3.8) is 0 Å². The smallest absolute Gasteiger partial charge is 0.226 e. The minimum Gasteiger partial charge on any atom is -0.295 e. The van der Waals surface area contributed by atoms with Gasteiger partial charge in [0, 0.05) is 6.42 Å². The third kappa shape index (κ3) is 3.68. The Morgan fingerprint density at radius 2 is 2.46 bits per heavy atom. The van der Waals surface area contributed by atoms with Crippen molar-refractivity contribution in [3.05, 3.63) is 6.33 Å². The van der Waals surface area contributed by atoms with Crippen molar-refractivity contribution >= 4 is 11.9 Å². The predicted octanol–water partition coefficient (Wildman–Crippen LogP) is 1.32. The number of carbonyl (C=O) groups excluding carboxylic acids is 1. The average Bonchev–Trinajstić information content (AvgIpc) is 2.57. The van der Waals surface area contributed by atoms with Crippen molar-refractivity contribution < 1.29 is 4.79 Å². The molecule has 1 amide bonds. The molecule has 1 rings (SSSR count). The number of amides is 1. The first kappa shape index (κ1) is 9.70. The summed E-state index contributed by atoms with van der Waals surface area (Å²) in [7, 11) is 0. The van der Waals surface area contributed by atoms with Crippen LogP contribution in [0.25, 0.3) is 0 Å². The highest BCUT2D eigenvalue weighted by Gasteiger charge is 2.02. The van der Waals surface area contributed by atoms with Crippen LogP contribution in [0.3, 0.4) is 0 Å². The van der Waals surface area contributed by atoms with Gasteiger partial charge in [0.05, 0.1) is 0 Å². The summed E-state index contributed by atoms with van der Waals surface area (Å²) in [6.45, 7) is 2.11. The minimum absolute atomic E-state index is 0.00907. The summed E-state index contributed by atoms with van der Waals surface area (Å²) in [5.41, 5.74) is 0. The van der Waals surface area contributed by atoms with Crippen LogP contribution in [-0.2, 0) is 4.79 Å². The maximum Gasteiger partial charge on any atom is 0.226 e. The Morgan fingerprint density at radius 1 is 1.62 bits per heavy atom. The molecule has 5 nitrogen and oxygen atoms in total. The van der Waals surface area contributed by atoms with Crippen molar-refractivity contribution in [2.75, 3.05) is 5.32 Å². The van der Waals surface area contributed by atoms with Crippen molar-refractivity contribution in [2.45, 2.75) is 32.6 Å². The van der Waals surface area contributed by atoms with E-state index in [2.05, 4.69) is 27.4 Å². The molecule has 0 fully saturated rings. The van der Waals surface area contributed by atoms with Gasteiger partial charge in [0.25, 0.3) is 0 Å². The SMILES string of the molecule is CCCCCC(=O)Nc1ncn[nH]1. The largest absolute Gasteiger partial charge is 0.295 e. The van der Waals surface area contributed by atoms with Crippen LogP contribution in [0.4, 0.5) is 5.95 Å². The molecule has 0 aromatic carbocycles. The molecular formula is C8H14N4O. The Bertz CT molecular complexity index is 245. The molecule has 0 aliphatic carbocycles. The molecule has 0 aliphatic heterocycles. The molecule has 0 radical (unpaired) electrons. The third-order valence-electron chi connectivity index (χ3n) is 1.68. The summed E-state index contributed by atoms with van der Waals surface area (Å²) in [6.07, 6.45) is 5.05. The van der Waals surface area contributed by atoms with Gasteiger partial charge in [0.1, 0.15) is 6.33 Å². The third-order valence-corrected chi connectivity index (χ3v) is 1.68. The number of unbranched alkanes of at least 4 members (excludes halogenated alkanes) is 2. The van der Waals surface area contributed by atoms with Gasteiger partial charge >= 0.3 is 0 Å². The second kappa shape index (κ2) is 5.29. The second-order valence-corrected chi connectivity index (χ2v) is 2.84. The molecule has 0 saturated carbocycles. The lowest BCUT2D eigenvalue weighted by Crippen LogP contribution is -2.12. The highest BCUT2D eigenvalue weighted by molar-refractivity contribution is 5.88. The second-order valence-electron chi connectivity index (χ2n) is 2.84. The summed E-state index contributed by atoms with van der Waals surface area (Å²) in [6, 6.07) is 0. The fourth-order valence-corrected chi connectivity index (χ4v) is 0.996. The summed E-state index contributed by atoms with van der Waals surface area (Å²) in [5.74, 6) is 0.409. The monoisotopic (exact) mass is 182 g/mol. The molecule has 72 valence electrons. The van der Waals surface area contributed by atoms with Gasteiger partial charge in [0.15, 0.2) is 0 Å². The van der Waals surface area contributed by atoms with Gasteiger partial charge in [-0.1, -0.05) is 19.8 Å². The summed E-state index contributed by atoms with van der Waals surface area (Å²) >= 11 is 0. The van der Waals surface area contributed by atoms with Gasteiger partial charge in [-0.2, -0.15) is 10.1 Å². The van der Waals surface area contributed by atoms with E-state index in [0.717, 1.165) is 19.3 Å². The van der Waals surface area contributed by atoms with Crippen LogP contribution in [0, 0.1) is 0 Å². The highest BCUT2D eigenvalue weighted by atomic mass is 16.1. The van der Waals surface area contributed by atoms with E-state index in [4.69, 9.17) is 0 Å². The van der Waals surface area contributed by atoms with E-state index in [1.165, 1.54) is 6.33 Å². The first-order valence-corrected chi connectivity index (χ1v) is 4.48. The molecule has 0 aliphatic rings. The zero-order valence-electron chi connectivity index (χ0n) is 7.71. The number of H-pyrrole nitrogens is 1. The molecular weight excluding hydrogens is 168 g/mol. The maximum absolute atomic E-state index is 11.2. The summed E-state index contributed by atoms with van der Waals surface area (Å²) < 4.78 is 0. The number of rotatable bonds is 5. The van der Waals surface area contributed by atoms with E-state index >= 15 is 0 Å². The number of carbonyl (C=O) groups is 1. The standard InChI is InChI=1S/C8H14N4O/c1-2-3-4-5-7(13)11-8-9-6-10-12-8/h6H,2-5H2,1H3,(H2,9,10,11,12,13). The zero-order chi connectivity index (χ0) is 9.52. The number of aromatic nitrogens is 3. The molecule has 1 heterocycles. The first-order valence-electron chi connectivity index (χ1n) is 4.48. The molecule has 5 heteroatoms. The fraction of sp³-hybridized carbons (Fsp3) is 0.625. The Morgan fingerprint density at radius 3 is 3.08 bits per heavy atom. The van der Waals surface area contributed by atoms with E-state index in [1.807, 2.05) is 0 Å². The maximum atomic E-state index is 11.2.